The molecule has 0 bridgehead atoms. The van der Waals surface area contributed by atoms with Crippen molar-refractivity contribution in [3.05, 3.63) is 59.7 Å². The standard InChI is InChI=1S/C18H22F3N5O/c1-17(2,27)11-26(23)25-16(22)14-5-3-4-6-15(14)24-13-9-7-12(8-10-13)18(19,20)21/h3-10,24,27H,11,23H2,1-2H3,(H2,22,25). The second kappa shape index (κ2) is 7.85. The zero-order valence-electron chi connectivity index (χ0n) is 15.0. The first kappa shape index (κ1) is 20.5. The summed E-state index contributed by atoms with van der Waals surface area (Å²) in [6, 6.07) is 11.6. The van der Waals surface area contributed by atoms with Crippen LogP contribution in [0.4, 0.5) is 24.5 Å². The zero-order valence-corrected chi connectivity index (χ0v) is 15.0. The number of nitrogens with zero attached hydrogens (tertiary/aromatic N) is 2. The lowest BCUT2D eigenvalue weighted by atomic mass is 10.1. The molecule has 0 aliphatic heterocycles. The number of hydrazone groups is 1. The number of aliphatic hydroxyl groups is 1. The van der Waals surface area contributed by atoms with Crippen LogP contribution in [0.1, 0.15) is 25.0 Å². The van der Waals surface area contributed by atoms with Gasteiger partial charge in [0.2, 0.25) is 0 Å². The van der Waals surface area contributed by atoms with Gasteiger partial charge >= 0.3 is 6.18 Å². The lowest BCUT2D eigenvalue weighted by Crippen LogP contribution is -2.41. The van der Waals surface area contributed by atoms with E-state index in [-0.39, 0.29) is 12.4 Å². The average molecular weight is 381 g/mol. The van der Waals surface area contributed by atoms with Gasteiger partial charge in [-0.25, -0.2) is 11.0 Å². The van der Waals surface area contributed by atoms with Gasteiger partial charge in [-0.1, -0.05) is 12.1 Å². The number of para-hydroxylation sites is 1. The van der Waals surface area contributed by atoms with Crippen molar-refractivity contribution in [1.29, 1.82) is 0 Å². The smallest absolute Gasteiger partial charge is 0.388 e. The predicted octanol–water partition coefficient (Wildman–Crippen LogP) is 3.02. The van der Waals surface area contributed by atoms with Gasteiger partial charge in [-0.15, -0.1) is 5.10 Å². The number of amidine groups is 1. The summed E-state index contributed by atoms with van der Waals surface area (Å²) in [7, 11) is 0. The van der Waals surface area contributed by atoms with E-state index in [1.54, 1.807) is 38.1 Å². The Morgan fingerprint density at radius 2 is 1.70 bits per heavy atom. The van der Waals surface area contributed by atoms with Crippen molar-refractivity contribution >= 4 is 17.2 Å². The molecule has 0 amide bonds. The molecule has 0 aromatic heterocycles. The number of rotatable bonds is 6. The maximum absolute atomic E-state index is 12.7. The summed E-state index contributed by atoms with van der Waals surface area (Å²) in [5.74, 6) is 5.83. The molecule has 0 saturated carbocycles. The summed E-state index contributed by atoms with van der Waals surface area (Å²) in [5, 5.41) is 17.9. The predicted molar refractivity (Wildman–Crippen MR) is 99.1 cm³/mol. The van der Waals surface area contributed by atoms with E-state index in [0.717, 1.165) is 17.3 Å². The van der Waals surface area contributed by atoms with E-state index in [0.29, 0.717) is 16.9 Å². The molecule has 2 aromatic rings. The van der Waals surface area contributed by atoms with Gasteiger partial charge in [0.15, 0.2) is 5.84 Å². The maximum atomic E-state index is 12.7. The third-order valence-electron chi connectivity index (χ3n) is 3.48. The van der Waals surface area contributed by atoms with E-state index in [2.05, 4.69) is 10.4 Å². The van der Waals surface area contributed by atoms with Crippen LogP contribution in [0.25, 0.3) is 0 Å². The molecule has 0 aliphatic rings. The normalized spacial score (nSPS) is 12.8. The van der Waals surface area contributed by atoms with Gasteiger partial charge in [0.25, 0.3) is 0 Å². The SMILES string of the molecule is CC(C)(O)CN(N)/N=C(\N)c1ccccc1Nc1ccc(C(F)(F)F)cc1. The minimum absolute atomic E-state index is 0.0577. The summed E-state index contributed by atoms with van der Waals surface area (Å²) < 4.78 is 38.0. The number of benzene rings is 2. The Hall–Kier alpha value is -2.78. The molecule has 2 rings (SSSR count). The molecule has 0 unspecified atom stereocenters. The lowest BCUT2D eigenvalue weighted by molar-refractivity contribution is -0.137. The molecule has 0 radical (unpaired) electrons. The summed E-state index contributed by atoms with van der Waals surface area (Å²) in [6.07, 6.45) is -4.39. The van der Waals surface area contributed by atoms with Crippen LogP contribution in [-0.2, 0) is 6.18 Å². The Morgan fingerprint density at radius 3 is 2.26 bits per heavy atom. The fraction of sp³-hybridized carbons (Fsp3) is 0.278. The highest BCUT2D eigenvalue weighted by Gasteiger charge is 2.29. The Bertz CT molecular complexity index is 798. The van der Waals surface area contributed by atoms with E-state index >= 15 is 0 Å². The molecule has 0 spiro atoms. The first-order valence-corrected chi connectivity index (χ1v) is 8.08. The van der Waals surface area contributed by atoms with Crippen LogP contribution >= 0.6 is 0 Å². The molecule has 0 atom stereocenters. The first-order valence-electron chi connectivity index (χ1n) is 8.08. The summed E-state index contributed by atoms with van der Waals surface area (Å²) in [4.78, 5) is 0. The van der Waals surface area contributed by atoms with Crippen LogP contribution in [0, 0.1) is 0 Å². The average Bonchev–Trinajstić information content (AvgIpc) is 2.53. The van der Waals surface area contributed by atoms with Crippen molar-refractivity contribution in [3.8, 4) is 0 Å². The monoisotopic (exact) mass is 381 g/mol. The van der Waals surface area contributed by atoms with E-state index in [9.17, 15) is 18.3 Å². The number of nitrogens with two attached hydrogens (primary N) is 2. The summed E-state index contributed by atoms with van der Waals surface area (Å²) >= 11 is 0. The molecule has 27 heavy (non-hydrogen) atoms. The van der Waals surface area contributed by atoms with Gasteiger partial charge < -0.3 is 16.2 Å². The van der Waals surface area contributed by atoms with E-state index in [1.807, 2.05) is 0 Å². The van der Waals surface area contributed by atoms with Crippen LogP contribution in [0.15, 0.2) is 53.6 Å². The Morgan fingerprint density at radius 1 is 1.11 bits per heavy atom. The molecule has 6 N–H and O–H groups in total. The molecule has 9 heteroatoms. The van der Waals surface area contributed by atoms with Crippen LogP contribution in [0.5, 0.6) is 0 Å². The van der Waals surface area contributed by atoms with Gasteiger partial charge in [-0.2, -0.15) is 13.2 Å². The highest BCUT2D eigenvalue weighted by Crippen LogP contribution is 2.30. The minimum Gasteiger partial charge on any atom is -0.388 e. The quantitative estimate of drug-likeness (QED) is 0.267. The van der Waals surface area contributed by atoms with E-state index in [1.165, 1.54) is 12.1 Å². The fourth-order valence-corrected chi connectivity index (χ4v) is 2.34. The number of hydrogen-bond acceptors (Lipinski definition) is 5. The number of hydrogen-bond donors (Lipinski definition) is 4. The number of anilines is 2. The van der Waals surface area contributed by atoms with Crippen LogP contribution in [0.3, 0.4) is 0 Å². The number of nitrogens with one attached hydrogen (secondary N) is 1. The number of hydrazine groups is 1. The van der Waals surface area contributed by atoms with Crippen LogP contribution in [0.2, 0.25) is 0 Å². The molecule has 146 valence electrons. The highest BCUT2D eigenvalue weighted by molar-refractivity contribution is 6.02. The van der Waals surface area contributed by atoms with Crippen LogP contribution < -0.4 is 16.9 Å². The Balaban J connectivity index is 2.22. The third-order valence-corrected chi connectivity index (χ3v) is 3.48. The third kappa shape index (κ3) is 6.15. The van der Waals surface area contributed by atoms with Gasteiger partial charge in [0.1, 0.15) is 0 Å². The molecule has 0 fully saturated rings. The number of halogens is 3. The lowest BCUT2D eigenvalue weighted by Gasteiger charge is -2.23. The second-order valence-corrected chi connectivity index (χ2v) is 6.64. The number of alkyl halides is 3. The summed E-state index contributed by atoms with van der Waals surface area (Å²) in [5.41, 5.74) is 5.75. The van der Waals surface area contributed by atoms with Crippen molar-refractivity contribution in [2.45, 2.75) is 25.6 Å². The summed E-state index contributed by atoms with van der Waals surface area (Å²) in [6.45, 7) is 3.22. The molecule has 0 aliphatic carbocycles. The highest BCUT2D eigenvalue weighted by atomic mass is 19.4. The maximum Gasteiger partial charge on any atom is 0.416 e. The molecule has 2 aromatic carbocycles. The van der Waals surface area contributed by atoms with Gasteiger partial charge in [-0.3, -0.25) is 0 Å². The molecule has 0 saturated heterocycles. The topological polar surface area (TPSA) is 99.9 Å². The molecular formula is C18H22F3N5O. The fourth-order valence-electron chi connectivity index (χ4n) is 2.34. The molecule has 6 nitrogen and oxygen atoms in total. The Labute approximate surface area is 155 Å². The van der Waals surface area contributed by atoms with Crippen molar-refractivity contribution in [2.24, 2.45) is 16.7 Å². The van der Waals surface area contributed by atoms with E-state index in [4.69, 9.17) is 11.6 Å². The van der Waals surface area contributed by atoms with Crippen molar-refractivity contribution in [3.63, 3.8) is 0 Å². The van der Waals surface area contributed by atoms with Crippen molar-refractivity contribution in [2.75, 3.05) is 11.9 Å². The van der Waals surface area contributed by atoms with Crippen molar-refractivity contribution < 1.29 is 18.3 Å². The van der Waals surface area contributed by atoms with Crippen LogP contribution in [-0.4, -0.2) is 28.2 Å². The van der Waals surface area contributed by atoms with Gasteiger partial charge in [0.05, 0.1) is 17.7 Å². The first-order chi connectivity index (χ1) is 12.5. The van der Waals surface area contributed by atoms with Gasteiger partial charge in [-0.05, 0) is 50.2 Å². The Kier molecular flexibility index (Phi) is 5.97. The van der Waals surface area contributed by atoms with Gasteiger partial charge in [0, 0.05) is 16.9 Å². The zero-order chi connectivity index (χ0) is 20.2. The van der Waals surface area contributed by atoms with Crippen molar-refractivity contribution in [1.82, 2.24) is 5.12 Å². The van der Waals surface area contributed by atoms with E-state index < -0.39 is 17.3 Å². The minimum atomic E-state index is -4.39. The molecule has 0 heterocycles. The second-order valence-electron chi connectivity index (χ2n) is 6.64. The molecular weight excluding hydrogens is 359 g/mol. The largest absolute Gasteiger partial charge is 0.416 e.